The van der Waals surface area contributed by atoms with Crippen molar-refractivity contribution in [2.24, 2.45) is 0 Å². The fourth-order valence-corrected chi connectivity index (χ4v) is 3.18. The maximum Gasteiger partial charge on any atom is 0.421 e. The fraction of sp³-hybridized carbons (Fsp3) is 0.261. The van der Waals surface area contributed by atoms with Crippen LogP contribution in [0.5, 0.6) is 0 Å². The highest BCUT2D eigenvalue weighted by molar-refractivity contribution is 9.10. The molecule has 162 valence electrons. The van der Waals surface area contributed by atoms with Crippen LogP contribution >= 0.6 is 15.9 Å². The standard InChI is InChI=1S/C23H25BrN4O3/c1-15(16-8-6-5-7-9-16)26-21(29)27-20-25-14-19(17-10-12-18(24)13-11-17)28(20)22(30)31-23(2,3)4/h5-15H,1-4H3,(H2,25,26,27,29)/t15-/m0/s1. The van der Waals surface area contributed by atoms with Gasteiger partial charge >= 0.3 is 12.1 Å². The number of halogens is 1. The minimum Gasteiger partial charge on any atom is -0.443 e. The maximum atomic E-state index is 12.9. The van der Waals surface area contributed by atoms with E-state index in [2.05, 4.69) is 31.5 Å². The summed E-state index contributed by atoms with van der Waals surface area (Å²) in [4.78, 5) is 29.8. The molecule has 2 N–H and O–H groups in total. The lowest BCUT2D eigenvalue weighted by atomic mass is 10.1. The van der Waals surface area contributed by atoms with Gasteiger partial charge in [-0.3, -0.25) is 5.32 Å². The van der Waals surface area contributed by atoms with E-state index in [0.717, 1.165) is 15.6 Å². The van der Waals surface area contributed by atoms with Gasteiger partial charge in [0.05, 0.1) is 17.9 Å². The number of amides is 2. The first-order valence-electron chi connectivity index (χ1n) is 9.83. The summed E-state index contributed by atoms with van der Waals surface area (Å²) in [7, 11) is 0. The van der Waals surface area contributed by atoms with Crippen molar-refractivity contribution < 1.29 is 14.3 Å². The second-order valence-electron chi connectivity index (χ2n) is 8.02. The predicted molar refractivity (Wildman–Crippen MR) is 124 cm³/mol. The summed E-state index contributed by atoms with van der Waals surface area (Å²) in [6, 6.07) is 16.3. The van der Waals surface area contributed by atoms with E-state index < -0.39 is 17.7 Å². The number of nitrogens with zero attached hydrogens (tertiary/aromatic N) is 2. The second-order valence-corrected chi connectivity index (χ2v) is 8.94. The van der Waals surface area contributed by atoms with E-state index in [1.165, 1.54) is 10.8 Å². The van der Waals surface area contributed by atoms with Crippen LogP contribution in [0, 0.1) is 0 Å². The Balaban J connectivity index is 1.87. The molecule has 1 atom stereocenters. The number of rotatable bonds is 4. The molecular weight excluding hydrogens is 460 g/mol. The normalized spacial score (nSPS) is 12.2. The van der Waals surface area contributed by atoms with Gasteiger partial charge in [0, 0.05) is 10.0 Å². The number of aromatic nitrogens is 2. The molecule has 0 bridgehead atoms. The summed E-state index contributed by atoms with van der Waals surface area (Å²) in [5.41, 5.74) is 1.52. The van der Waals surface area contributed by atoms with Gasteiger partial charge in [-0.1, -0.05) is 58.4 Å². The number of benzene rings is 2. The predicted octanol–water partition coefficient (Wildman–Crippen LogP) is 5.98. The van der Waals surface area contributed by atoms with Gasteiger partial charge < -0.3 is 10.1 Å². The molecule has 3 rings (SSSR count). The quantitative estimate of drug-likeness (QED) is 0.476. The average molecular weight is 485 g/mol. The minimum absolute atomic E-state index is 0.0740. The third-order valence-electron chi connectivity index (χ3n) is 4.35. The van der Waals surface area contributed by atoms with Crippen molar-refractivity contribution in [3.63, 3.8) is 0 Å². The third kappa shape index (κ3) is 5.95. The van der Waals surface area contributed by atoms with E-state index in [0.29, 0.717) is 5.69 Å². The van der Waals surface area contributed by atoms with Crippen LogP contribution in [0.3, 0.4) is 0 Å². The monoisotopic (exact) mass is 484 g/mol. The van der Waals surface area contributed by atoms with Crippen molar-refractivity contribution in [2.45, 2.75) is 39.3 Å². The van der Waals surface area contributed by atoms with Crippen molar-refractivity contribution in [3.8, 4) is 11.3 Å². The highest BCUT2D eigenvalue weighted by Crippen LogP contribution is 2.26. The summed E-state index contributed by atoms with van der Waals surface area (Å²) < 4.78 is 7.72. The summed E-state index contributed by atoms with van der Waals surface area (Å²) in [6.07, 6.45) is 0.901. The summed E-state index contributed by atoms with van der Waals surface area (Å²) in [5, 5.41) is 5.52. The van der Waals surface area contributed by atoms with Crippen molar-refractivity contribution >= 4 is 34.0 Å². The molecule has 0 fully saturated rings. The zero-order chi connectivity index (χ0) is 22.6. The number of anilines is 1. The van der Waals surface area contributed by atoms with Crippen molar-refractivity contribution in [1.82, 2.24) is 14.9 Å². The Labute approximate surface area is 190 Å². The van der Waals surface area contributed by atoms with Gasteiger partial charge in [-0.25, -0.2) is 19.1 Å². The third-order valence-corrected chi connectivity index (χ3v) is 4.88. The van der Waals surface area contributed by atoms with E-state index in [1.807, 2.05) is 61.5 Å². The molecule has 0 saturated carbocycles. The molecule has 0 aliphatic rings. The Morgan fingerprint density at radius 3 is 2.32 bits per heavy atom. The number of hydrogen-bond acceptors (Lipinski definition) is 4. The Morgan fingerprint density at radius 1 is 1.06 bits per heavy atom. The zero-order valence-electron chi connectivity index (χ0n) is 17.8. The minimum atomic E-state index is -0.709. The summed E-state index contributed by atoms with van der Waals surface area (Å²) in [6.45, 7) is 7.22. The molecule has 3 aromatic rings. The van der Waals surface area contributed by atoms with E-state index >= 15 is 0 Å². The van der Waals surface area contributed by atoms with Gasteiger partial charge in [-0.15, -0.1) is 0 Å². The van der Waals surface area contributed by atoms with Gasteiger partial charge in [0.15, 0.2) is 0 Å². The van der Waals surface area contributed by atoms with E-state index in [4.69, 9.17) is 4.74 Å². The number of carbonyl (C=O) groups is 2. The van der Waals surface area contributed by atoms with Gasteiger partial charge in [0.25, 0.3) is 0 Å². The van der Waals surface area contributed by atoms with Crippen LogP contribution in [0.15, 0.2) is 65.3 Å². The lowest BCUT2D eigenvalue weighted by molar-refractivity contribution is 0.0543. The fourth-order valence-electron chi connectivity index (χ4n) is 2.92. The van der Waals surface area contributed by atoms with E-state index in [1.54, 1.807) is 20.8 Å². The summed E-state index contributed by atoms with van der Waals surface area (Å²) in [5.74, 6) is 0.0740. The van der Waals surface area contributed by atoms with Crippen molar-refractivity contribution in [2.75, 3.05) is 5.32 Å². The number of imidazole rings is 1. The number of carbonyl (C=O) groups excluding carboxylic acids is 2. The van der Waals surface area contributed by atoms with Crippen LogP contribution in [-0.4, -0.2) is 27.3 Å². The molecule has 0 unspecified atom stereocenters. The Hall–Kier alpha value is -3.13. The molecular formula is C23H25BrN4O3. The largest absolute Gasteiger partial charge is 0.443 e. The van der Waals surface area contributed by atoms with Crippen LogP contribution in [0.25, 0.3) is 11.3 Å². The lowest BCUT2D eigenvalue weighted by Crippen LogP contribution is -2.34. The SMILES string of the molecule is C[C@H](NC(=O)Nc1ncc(-c2ccc(Br)cc2)n1C(=O)OC(C)(C)C)c1ccccc1. The van der Waals surface area contributed by atoms with Crippen molar-refractivity contribution in [3.05, 3.63) is 70.8 Å². The van der Waals surface area contributed by atoms with E-state index in [9.17, 15) is 9.59 Å². The molecule has 0 saturated heterocycles. The number of ether oxygens (including phenoxy) is 1. The highest BCUT2D eigenvalue weighted by atomic mass is 79.9. The van der Waals surface area contributed by atoms with Crippen LogP contribution in [-0.2, 0) is 4.74 Å². The van der Waals surface area contributed by atoms with Crippen LogP contribution < -0.4 is 10.6 Å². The molecule has 8 heteroatoms. The molecule has 0 aliphatic carbocycles. The topological polar surface area (TPSA) is 85.3 Å². The number of urea groups is 1. The molecule has 7 nitrogen and oxygen atoms in total. The first-order valence-corrected chi connectivity index (χ1v) is 10.6. The molecule has 31 heavy (non-hydrogen) atoms. The first-order chi connectivity index (χ1) is 14.6. The molecule has 0 radical (unpaired) electrons. The second kappa shape index (κ2) is 9.34. The molecule has 2 amide bonds. The summed E-state index contributed by atoms with van der Waals surface area (Å²) >= 11 is 3.41. The molecule has 0 aliphatic heterocycles. The Bertz CT molecular complexity index is 1060. The van der Waals surface area contributed by atoms with Crippen molar-refractivity contribution in [1.29, 1.82) is 0 Å². The number of hydrogen-bond donors (Lipinski definition) is 2. The van der Waals surface area contributed by atoms with Crippen LogP contribution in [0.1, 0.15) is 39.3 Å². The van der Waals surface area contributed by atoms with Gasteiger partial charge in [0.2, 0.25) is 5.95 Å². The molecule has 1 heterocycles. The maximum absolute atomic E-state index is 12.9. The van der Waals surface area contributed by atoms with Gasteiger partial charge in [-0.05, 0) is 45.4 Å². The highest BCUT2D eigenvalue weighted by Gasteiger charge is 2.25. The molecule has 0 spiro atoms. The Kier molecular flexibility index (Phi) is 6.80. The smallest absolute Gasteiger partial charge is 0.421 e. The van der Waals surface area contributed by atoms with Gasteiger partial charge in [-0.2, -0.15) is 0 Å². The Morgan fingerprint density at radius 2 is 1.71 bits per heavy atom. The zero-order valence-corrected chi connectivity index (χ0v) is 19.4. The van der Waals surface area contributed by atoms with Crippen LogP contribution in [0.4, 0.5) is 15.5 Å². The van der Waals surface area contributed by atoms with E-state index in [-0.39, 0.29) is 12.0 Å². The molecule has 2 aromatic carbocycles. The molecule has 1 aromatic heterocycles. The lowest BCUT2D eigenvalue weighted by Gasteiger charge is -2.21. The first kappa shape index (κ1) is 22.6. The number of nitrogens with one attached hydrogen (secondary N) is 2. The van der Waals surface area contributed by atoms with Gasteiger partial charge in [0.1, 0.15) is 5.60 Å². The average Bonchev–Trinajstić information content (AvgIpc) is 3.11. The van der Waals surface area contributed by atoms with Crippen LogP contribution in [0.2, 0.25) is 0 Å².